The van der Waals surface area contributed by atoms with Crippen LogP contribution in [0.25, 0.3) is 0 Å². The third-order valence-electron chi connectivity index (χ3n) is 3.85. The Morgan fingerprint density at radius 2 is 2.00 bits per heavy atom. The van der Waals surface area contributed by atoms with Crippen LogP contribution in [0.2, 0.25) is 0 Å². The van der Waals surface area contributed by atoms with Gasteiger partial charge in [-0.15, -0.1) is 0 Å². The minimum atomic E-state index is 0.757. The monoisotopic (exact) mass is 153 g/mol. The Labute approximate surface area is 69.6 Å². The zero-order valence-electron chi connectivity index (χ0n) is 7.53. The molecule has 64 valence electrons. The molecular weight excluding hydrogens is 134 g/mol. The highest BCUT2D eigenvalue weighted by Gasteiger charge is 2.45. The molecule has 0 aromatic rings. The van der Waals surface area contributed by atoms with Crippen LogP contribution in [0.3, 0.4) is 0 Å². The maximum absolute atomic E-state index is 3.36. The molecule has 0 aromatic carbocycles. The van der Waals surface area contributed by atoms with Gasteiger partial charge in [0, 0.05) is 6.54 Å². The lowest BCUT2D eigenvalue weighted by Gasteiger charge is -2.51. The molecule has 2 aliphatic carbocycles. The summed E-state index contributed by atoms with van der Waals surface area (Å²) in [5.41, 5.74) is 0.757. The molecule has 2 fully saturated rings. The molecule has 0 aromatic heterocycles. The fourth-order valence-electron chi connectivity index (χ4n) is 2.73. The lowest BCUT2D eigenvalue weighted by atomic mass is 9.55. The summed E-state index contributed by atoms with van der Waals surface area (Å²) in [6.07, 6.45) is 9.01. The molecule has 2 rings (SSSR count). The minimum absolute atomic E-state index is 0.757. The van der Waals surface area contributed by atoms with Gasteiger partial charge < -0.3 is 5.32 Å². The fourth-order valence-corrected chi connectivity index (χ4v) is 2.73. The van der Waals surface area contributed by atoms with Gasteiger partial charge in [-0.05, 0) is 44.1 Å². The van der Waals surface area contributed by atoms with Gasteiger partial charge in [0.2, 0.25) is 0 Å². The molecule has 1 nitrogen and oxygen atoms in total. The van der Waals surface area contributed by atoms with E-state index in [0.717, 1.165) is 11.3 Å². The van der Waals surface area contributed by atoms with Crippen LogP contribution in [-0.2, 0) is 0 Å². The predicted molar refractivity (Wildman–Crippen MR) is 47.6 cm³/mol. The molecule has 0 amide bonds. The van der Waals surface area contributed by atoms with Gasteiger partial charge in [0.1, 0.15) is 0 Å². The quantitative estimate of drug-likeness (QED) is 0.655. The second kappa shape index (κ2) is 2.78. The van der Waals surface area contributed by atoms with Gasteiger partial charge in [-0.3, -0.25) is 0 Å². The first-order valence-electron chi connectivity index (χ1n) is 5.02. The van der Waals surface area contributed by atoms with Crippen molar-refractivity contribution in [3.8, 4) is 0 Å². The third-order valence-corrected chi connectivity index (χ3v) is 3.85. The Hall–Kier alpha value is -0.0400. The molecule has 0 heterocycles. The van der Waals surface area contributed by atoms with E-state index in [-0.39, 0.29) is 0 Å². The molecule has 0 radical (unpaired) electrons. The average molecular weight is 153 g/mol. The van der Waals surface area contributed by atoms with Crippen LogP contribution in [0.4, 0.5) is 0 Å². The summed E-state index contributed by atoms with van der Waals surface area (Å²) in [4.78, 5) is 0. The lowest BCUT2D eigenvalue weighted by molar-refractivity contribution is 0.00464. The molecule has 0 spiro atoms. The second-order valence-electron chi connectivity index (χ2n) is 4.37. The molecule has 11 heavy (non-hydrogen) atoms. The van der Waals surface area contributed by atoms with Crippen molar-refractivity contribution in [2.45, 2.75) is 38.5 Å². The molecular formula is C10H19N. The number of nitrogens with one attached hydrogen (secondary N) is 1. The summed E-state index contributed by atoms with van der Waals surface area (Å²) in [5, 5.41) is 3.36. The van der Waals surface area contributed by atoms with Crippen molar-refractivity contribution in [2.75, 3.05) is 13.6 Å². The summed E-state index contributed by atoms with van der Waals surface area (Å²) in [5.74, 6) is 1.09. The largest absolute Gasteiger partial charge is 0.319 e. The lowest BCUT2D eigenvalue weighted by Crippen LogP contribution is -2.47. The van der Waals surface area contributed by atoms with E-state index in [1.54, 1.807) is 0 Å². The topological polar surface area (TPSA) is 12.0 Å². The van der Waals surface area contributed by atoms with Crippen LogP contribution in [0.15, 0.2) is 0 Å². The third kappa shape index (κ3) is 1.10. The zero-order valence-corrected chi connectivity index (χ0v) is 7.53. The molecule has 0 unspecified atom stereocenters. The van der Waals surface area contributed by atoms with Crippen molar-refractivity contribution in [2.24, 2.45) is 11.3 Å². The van der Waals surface area contributed by atoms with Crippen molar-refractivity contribution in [3.05, 3.63) is 0 Å². The van der Waals surface area contributed by atoms with Crippen molar-refractivity contribution in [1.29, 1.82) is 0 Å². The van der Waals surface area contributed by atoms with E-state index in [1.807, 2.05) is 0 Å². The van der Waals surface area contributed by atoms with E-state index in [0.29, 0.717) is 0 Å². The van der Waals surface area contributed by atoms with E-state index in [1.165, 1.54) is 45.1 Å². The van der Waals surface area contributed by atoms with Crippen molar-refractivity contribution < 1.29 is 0 Å². The van der Waals surface area contributed by atoms with E-state index in [2.05, 4.69) is 12.4 Å². The molecule has 0 aliphatic heterocycles. The fraction of sp³-hybridized carbons (Fsp3) is 1.00. The smallest absolute Gasteiger partial charge is 0.000746 e. The van der Waals surface area contributed by atoms with Gasteiger partial charge >= 0.3 is 0 Å². The zero-order chi connectivity index (χ0) is 7.73. The highest BCUT2D eigenvalue weighted by molar-refractivity contribution is 4.97. The molecule has 0 atom stereocenters. The molecule has 0 saturated heterocycles. The van der Waals surface area contributed by atoms with Crippen LogP contribution in [0.1, 0.15) is 38.5 Å². The van der Waals surface area contributed by atoms with Crippen LogP contribution < -0.4 is 5.32 Å². The minimum Gasteiger partial charge on any atom is -0.319 e. The van der Waals surface area contributed by atoms with Gasteiger partial charge in [0.25, 0.3) is 0 Å². The normalized spacial score (nSPS) is 29.2. The number of hydrogen-bond donors (Lipinski definition) is 1. The maximum Gasteiger partial charge on any atom is 0.000746 e. The highest BCUT2D eigenvalue weighted by atomic mass is 14.8. The summed E-state index contributed by atoms with van der Waals surface area (Å²) >= 11 is 0. The Morgan fingerprint density at radius 3 is 2.27 bits per heavy atom. The van der Waals surface area contributed by atoms with Crippen molar-refractivity contribution in [3.63, 3.8) is 0 Å². The summed E-state index contributed by atoms with van der Waals surface area (Å²) in [7, 11) is 2.10. The van der Waals surface area contributed by atoms with Gasteiger partial charge in [-0.1, -0.05) is 12.8 Å². The predicted octanol–water partition coefficient (Wildman–Crippen LogP) is 2.18. The maximum atomic E-state index is 3.36. The summed E-state index contributed by atoms with van der Waals surface area (Å²) < 4.78 is 0. The van der Waals surface area contributed by atoms with E-state index >= 15 is 0 Å². The van der Waals surface area contributed by atoms with Crippen LogP contribution in [0, 0.1) is 11.3 Å². The van der Waals surface area contributed by atoms with Crippen molar-refractivity contribution in [1.82, 2.24) is 5.32 Å². The molecule has 0 bridgehead atoms. The average Bonchev–Trinajstić information content (AvgIpc) is 1.79. The first-order valence-corrected chi connectivity index (χ1v) is 5.02. The Balaban J connectivity index is 1.92. The molecule has 1 N–H and O–H groups in total. The first kappa shape index (κ1) is 7.60. The Morgan fingerprint density at radius 1 is 1.27 bits per heavy atom. The first-order chi connectivity index (χ1) is 5.37. The van der Waals surface area contributed by atoms with Gasteiger partial charge in [-0.2, -0.15) is 0 Å². The van der Waals surface area contributed by atoms with Gasteiger partial charge in [-0.25, -0.2) is 0 Å². The van der Waals surface area contributed by atoms with E-state index in [9.17, 15) is 0 Å². The van der Waals surface area contributed by atoms with Crippen LogP contribution in [-0.4, -0.2) is 13.6 Å². The van der Waals surface area contributed by atoms with Crippen molar-refractivity contribution >= 4 is 0 Å². The molecule has 2 saturated carbocycles. The Kier molecular flexibility index (Phi) is 1.92. The Bertz CT molecular complexity index is 134. The second-order valence-corrected chi connectivity index (χ2v) is 4.37. The number of hydrogen-bond acceptors (Lipinski definition) is 1. The van der Waals surface area contributed by atoms with Crippen LogP contribution in [0.5, 0.6) is 0 Å². The van der Waals surface area contributed by atoms with Crippen LogP contribution >= 0.6 is 0 Å². The van der Waals surface area contributed by atoms with Gasteiger partial charge in [0.15, 0.2) is 0 Å². The number of rotatable bonds is 3. The van der Waals surface area contributed by atoms with E-state index < -0.39 is 0 Å². The van der Waals surface area contributed by atoms with E-state index in [4.69, 9.17) is 0 Å². The SMILES string of the molecule is CNCC1(C2CCC2)CCC1. The van der Waals surface area contributed by atoms with Gasteiger partial charge in [0.05, 0.1) is 0 Å². The summed E-state index contributed by atoms with van der Waals surface area (Å²) in [6, 6.07) is 0. The highest BCUT2D eigenvalue weighted by Crippen LogP contribution is 2.53. The summed E-state index contributed by atoms with van der Waals surface area (Å²) in [6.45, 7) is 1.28. The standard InChI is InChI=1S/C10H19N/c1-11-8-10(6-3-7-10)9-4-2-5-9/h9,11H,2-8H2,1H3. The molecule has 1 heteroatoms. The molecule has 2 aliphatic rings.